The zero-order chi connectivity index (χ0) is 17.0. The molecular formula is C15H15ClN2O4S. The average molecular weight is 355 g/mol. The first kappa shape index (κ1) is 17.2. The summed E-state index contributed by atoms with van der Waals surface area (Å²) in [5.41, 5.74) is 0.730. The lowest BCUT2D eigenvalue weighted by atomic mass is 10.1. The number of hydrogen-bond acceptors (Lipinski definition) is 5. The second-order valence-electron chi connectivity index (χ2n) is 4.99. The first-order valence-corrected chi connectivity index (χ1v) is 9.02. The van der Waals surface area contributed by atoms with Crippen LogP contribution in [-0.4, -0.2) is 26.1 Å². The summed E-state index contributed by atoms with van der Waals surface area (Å²) in [6.07, 6.45) is 1.55. The van der Waals surface area contributed by atoms with Crippen molar-refractivity contribution in [3.05, 3.63) is 63.2 Å². The Morgan fingerprint density at radius 3 is 2.52 bits per heavy atom. The Kier molecular flexibility index (Phi) is 5.23. The summed E-state index contributed by atoms with van der Waals surface area (Å²) in [4.78, 5) is 10.3. The highest BCUT2D eigenvalue weighted by atomic mass is 35.5. The van der Waals surface area contributed by atoms with E-state index < -0.39 is 20.4 Å². The lowest BCUT2D eigenvalue weighted by Crippen LogP contribution is -2.10. The Morgan fingerprint density at radius 1 is 1.22 bits per heavy atom. The molecule has 8 heteroatoms. The van der Waals surface area contributed by atoms with Crippen molar-refractivity contribution in [1.29, 1.82) is 0 Å². The molecule has 0 aromatic heterocycles. The fraction of sp³-hybridized carbons (Fsp3) is 0.200. The van der Waals surface area contributed by atoms with Crippen LogP contribution in [0.2, 0.25) is 5.02 Å². The van der Waals surface area contributed by atoms with E-state index in [1.807, 2.05) is 18.2 Å². The van der Waals surface area contributed by atoms with Crippen LogP contribution in [0.15, 0.2) is 47.4 Å². The van der Waals surface area contributed by atoms with E-state index in [9.17, 15) is 18.5 Å². The minimum atomic E-state index is -3.68. The van der Waals surface area contributed by atoms with Gasteiger partial charge in [-0.2, -0.15) is 0 Å². The van der Waals surface area contributed by atoms with Crippen molar-refractivity contribution < 1.29 is 13.3 Å². The molecule has 2 aromatic carbocycles. The van der Waals surface area contributed by atoms with Crippen molar-refractivity contribution in [2.75, 3.05) is 18.1 Å². The summed E-state index contributed by atoms with van der Waals surface area (Å²) in [5, 5.41) is 14.8. The van der Waals surface area contributed by atoms with Crippen molar-refractivity contribution >= 4 is 32.8 Å². The van der Waals surface area contributed by atoms with E-state index in [1.54, 1.807) is 6.07 Å². The Balaban J connectivity index is 2.21. The van der Waals surface area contributed by atoms with Gasteiger partial charge in [0.1, 0.15) is 10.6 Å². The maximum absolute atomic E-state index is 11.7. The smallest absolute Gasteiger partial charge is 0.310 e. The van der Waals surface area contributed by atoms with E-state index in [1.165, 1.54) is 18.2 Å². The van der Waals surface area contributed by atoms with Gasteiger partial charge in [-0.25, -0.2) is 8.42 Å². The zero-order valence-electron chi connectivity index (χ0n) is 12.3. The predicted octanol–water partition coefficient (Wildman–Crippen LogP) is 3.31. The number of rotatable bonds is 6. The molecule has 0 aliphatic heterocycles. The minimum absolute atomic E-state index is 0.181. The third-order valence-electron chi connectivity index (χ3n) is 3.20. The molecule has 2 rings (SSSR count). The Labute approximate surface area is 139 Å². The van der Waals surface area contributed by atoms with Crippen LogP contribution >= 0.6 is 11.6 Å². The van der Waals surface area contributed by atoms with Crippen LogP contribution < -0.4 is 5.32 Å². The molecule has 0 bridgehead atoms. The zero-order valence-corrected chi connectivity index (χ0v) is 13.9. The van der Waals surface area contributed by atoms with Crippen molar-refractivity contribution in [3.8, 4) is 0 Å². The van der Waals surface area contributed by atoms with E-state index in [0.717, 1.165) is 11.8 Å². The first-order valence-electron chi connectivity index (χ1n) is 6.75. The molecule has 0 amide bonds. The van der Waals surface area contributed by atoms with Crippen LogP contribution in [0.3, 0.4) is 0 Å². The third kappa shape index (κ3) is 4.43. The molecule has 2 aromatic rings. The fourth-order valence-corrected chi connectivity index (χ4v) is 3.26. The standard InChI is InChI=1S/C15H15ClN2O4S/c1-23(21,22)14-7-3-6-13(15(14)18(19)20)17-9-8-11-4-2-5-12(16)10-11/h2-7,10,17H,8-9H2,1H3. The van der Waals surface area contributed by atoms with Crippen molar-refractivity contribution in [2.45, 2.75) is 11.3 Å². The molecular weight excluding hydrogens is 340 g/mol. The number of nitrogens with one attached hydrogen (secondary N) is 1. The van der Waals surface area contributed by atoms with E-state index in [-0.39, 0.29) is 10.6 Å². The molecule has 0 aliphatic rings. The van der Waals surface area contributed by atoms with Gasteiger partial charge in [-0.05, 0) is 36.2 Å². The van der Waals surface area contributed by atoms with Gasteiger partial charge in [0, 0.05) is 17.8 Å². The highest BCUT2D eigenvalue weighted by molar-refractivity contribution is 7.90. The second-order valence-corrected chi connectivity index (χ2v) is 7.41. The van der Waals surface area contributed by atoms with Crippen molar-refractivity contribution in [3.63, 3.8) is 0 Å². The summed E-state index contributed by atoms with van der Waals surface area (Å²) in [6.45, 7) is 0.411. The third-order valence-corrected chi connectivity index (χ3v) is 4.56. The summed E-state index contributed by atoms with van der Waals surface area (Å²) < 4.78 is 23.4. The summed E-state index contributed by atoms with van der Waals surface area (Å²) in [5.74, 6) is 0. The molecule has 0 radical (unpaired) electrons. The SMILES string of the molecule is CS(=O)(=O)c1cccc(NCCc2cccc(Cl)c2)c1[N+](=O)[O-]. The summed E-state index contributed by atoms with van der Waals surface area (Å²) in [6, 6.07) is 11.5. The summed E-state index contributed by atoms with van der Waals surface area (Å²) in [7, 11) is -3.68. The van der Waals surface area contributed by atoms with E-state index in [2.05, 4.69) is 5.32 Å². The molecule has 0 aliphatic carbocycles. The van der Waals surface area contributed by atoms with Gasteiger partial charge in [-0.1, -0.05) is 29.8 Å². The van der Waals surface area contributed by atoms with Gasteiger partial charge in [0.15, 0.2) is 9.84 Å². The Morgan fingerprint density at radius 2 is 1.91 bits per heavy atom. The lowest BCUT2D eigenvalue weighted by molar-refractivity contribution is -0.386. The molecule has 0 heterocycles. The quantitative estimate of drug-likeness (QED) is 0.635. The van der Waals surface area contributed by atoms with Crippen LogP contribution in [0.25, 0.3) is 0 Å². The number of nitro groups is 1. The van der Waals surface area contributed by atoms with Crippen molar-refractivity contribution in [1.82, 2.24) is 0 Å². The molecule has 0 spiro atoms. The molecule has 0 fully saturated rings. The van der Waals surface area contributed by atoms with Gasteiger partial charge < -0.3 is 5.32 Å². The molecule has 0 atom stereocenters. The van der Waals surface area contributed by atoms with Gasteiger partial charge in [-0.3, -0.25) is 10.1 Å². The number of benzene rings is 2. The molecule has 0 saturated carbocycles. The average Bonchev–Trinajstić information content (AvgIpc) is 2.46. The molecule has 6 nitrogen and oxygen atoms in total. The number of para-hydroxylation sites is 1. The van der Waals surface area contributed by atoms with Crippen LogP contribution in [0, 0.1) is 10.1 Å². The molecule has 0 saturated heterocycles. The second kappa shape index (κ2) is 6.97. The molecule has 122 valence electrons. The maximum atomic E-state index is 11.7. The number of halogens is 1. The highest BCUT2D eigenvalue weighted by Crippen LogP contribution is 2.31. The molecule has 1 N–H and O–H groups in total. The fourth-order valence-electron chi connectivity index (χ4n) is 2.19. The van der Waals surface area contributed by atoms with Crippen molar-refractivity contribution in [2.24, 2.45) is 0 Å². The van der Waals surface area contributed by atoms with Gasteiger partial charge in [0.05, 0.1) is 4.92 Å². The number of hydrogen-bond donors (Lipinski definition) is 1. The number of anilines is 1. The van der Waals surface area contributed by atoms with Gasteiger partial charge in [0.2, 0.25) is 0 Å². The number of sulfone groups is 1. The highest BCUT2D eigenvalue weighted by Gasteiger charge is 2.25. The molecule has 0 unspecified atom stereocenters. The number of nitrogens with zero attached hydrogens (tertiary/aromatic N) is 1. The Hall–Kier alpha value is -2.12. The van der Waals surface area contributed by atoms with Crippen LogP contribution in [-0.2, 0) is 16.3 Å². The number of nitro benzene ring substituents is 1. The molecule has 23 heavy (non-hydrogen) atoms. The van der Waals surface area contributed by atoms with Gasteiger partial charge in [0.25, 0.3) is 0 Å². The maximum Gasteiger partial charge on any atom is 0.310 e. The first-order chi connectivity index (χ1) is 10.8. The lowest BCUT2D eigenvalue weighted by Gasteiger charge is -2.09. The normalized spacial score (nSPS) is 11.2. The van der Waals surface area contributed by atoms with Gasteiger partial charge >= 0.3 is 5.69 Å². The Bertz CT molecular complexity index is 837. The van der Waals surface area contributed by atoms with E-state index >= 15 is 0 Å². The predicted molar refractivity (Wildman–Crippen MR) is 89.9 cm³/mol. The monoisotopic (exact) mass is 354 g/mol. The van der Waals surface area contributed by atoms with Crippen LogP contribution in [0.1, 0.15) is 5.56 Å². The van der Waals surface area contributed by atoms with Gasteiger partial charge in [-0.15, -0.1) is 0 Å². The van der Waals surface area contributed by atoms with E-state index in [4.69, 9.17) is 11.6 Å². The van der Waals surface area contributed by atoms with Crippen LogP contribution in [0.4, 0.5) is 11.4 Å². The topological polar surface area (TPSA) is 89.3 Å². The van der Waals surface area contributed by atoms with E-state index in [0.29, 0.717) is 18.0 Å². The summed E-state index contributed by atoms with van der Waals surface area (Å²) >= 11 is 5.90. The minimum Gasteiger partial charge on any atom is -0.379 e. The largest absolute Gasteiger partial charge is 0.379 e. The van der Waals surface area contributed by atoms with Crippen LogP contribution in [0.5, 0.6) is 0 Å².